The second-order valence-corrected chi connectivity index (χ2v) is 11.2. The Bertz CT molecular complexity index is 1940. The van der Waals surface area contributed by atoms with E-state index in [1.54, 1.807) is 71.8 Å². The summed E-state index contributed by atoms with van der Waals surface area (Å²) in [5, 5.41) is 24.0. The SMILES string of the molecule is Cn1c2ccccc2c2cc(C(O)(CC(=O)CC(O)(c3ccc4c(c3)c3ccccc3n4C)C(F)(F)F)C(F)(F)F)ccc21. The lowest BCUT2D eigenvalue weighted by Crippen LogP contribution is -2.47. The quantitative estimate of drug-likeness (QED) is 0.191. The van der Waals surface area contributed by atoms with Gasteiger partial charge in [-0.1, -0.05) is 48.5 Å². The zero-order valence-corrected chi connectivity index (χ0v) is 23.5. The van der Waals surface area contributed by atoms with Crippen molar-refractivity contribution in [3.05, 3.63) is 96.1 Å². The molecule has 2 aromatic heterocycles. The highest BCUT2D eigenvalue weighted by molar-refractivity contribution is 6.09. The number of aliphatic hydroxyl groups is 2. The molecule has 0 aliphatic heterocycles. The third-order valence-electron chi connectivity index (χ3n) is 8.63. The Morgan fingerprint density at radius 2 is 0.909 bits per heavy atom. The fraction of sp³-hybridized carbons (Fsp3) is 0.242. The average molecular weight is 613 g/mol. The van der Waals surface area contributed by atoms with E-state index in [4.69, 9.17) is 0 Å². The number of rotatable bonds is 6. The van der Waals surface area contributed by atoms with Crippen molar-refractivity contribution in [3.63, 3.8) is 0 Å². The van der Waals surface area contributed by atoms with E-state index >= 15 is 0 Å². The Balaban J connectivity index is 1.41. The molecule has 0 amide bonds. The summed E-state index contributed by atoms with van der Waals surface area (Å²) in [5.74, 6) is -1.62. The molecule has 0 aliphatic carbocycles. The van der Waals surface area contributed by atoms with E-state index in [1.807, 2.05) is 0 Å². The second-order valence-electron chi connectivity index (χ2n) is 11.2. The first-order chi connectivity index (χ1) is 20.6. The molecule has 5 nitrogen and oxygen atoms in total. The van der Waals surface area contributed by atoms with Gasteiger partial charge >= 0.3 is 12.4 Å². The number of carbonyl (C=O) groups excluding carboxylic acids is 1. The van der Waals surface area contributed by atoms with Crippen molar-refractivity contribution >= 4 is 49.4 Å². The van der Waals surface area contributed by atoms with Crippen LogP contribution >= 0.6 is 0 Å². The van der Waals surface area contributed by atoms with Crippen molar-refractivity contribution in [1.82, 2.24) is 9.13 Å². The molecule has 0 spiro atoms. The third kappa shape index (κ3) is 4.36. The van der Waals surface area contributed by atoms with E-state index < -0.39 is 53.3 Å². The van der Waals surface area contributed by atoms with Crippen LogP contribution in [0, 0.1) is 0 Å². The van der Waals surface area contributed by atoms with Gasteiger partial charge in [-0.15, -0.1) is 0 Å². The molecule has 0 fully saturated rings. The lowest BCUT2D eigenvalue weighted by atomic mass is 9.81. The Morgan fingerprint density at radius 1 is 0.568 bits per heavy atom. The number of aryl methyl sites for hydroxylation is 2. The number of para-hydroxylation sites is 2. The Labute approximate surface area is 246 Å². The molecule has 4 aromatic carbocycles. The minimum Gasteiger partial charge on any atom is -0.376 e. The van der Waals surface area contributed by atoms with Crippen LogP contribution in [0.1, 0.15) is 24.0 Å². The summed E-state index contributed by atoms with van der Waals surface area (Å²) in [4.78, 5) is 13.1. The van der Waals surface area contributed by atoms with Gasteiger partial charge in [0.2, 0.25) is 0 Å². The molecule has 0 bridgehead atoms. The van der Waals surface area contributed by atoms with Crippen LogP contribution in [-0.2, 0) is 30.1 Å². The molecular weight excluding hydrogens is 586 g/mol. The summed E-state index contributed by atoms with van der Waals surface area (Å²) in [6.07, 6.45) is -14.3. The van der Waals surface area contributed by atoms with Crippen molar-refractivity contribution in [1.29, 1.82) is 0 Å². The van der Waals surface area contributed by atoms with Gasteiger partial charge in [-0.2, -0.15) is 26.3 Å². The molecule has 6 aromatic rings. The van der Waals surface area contributed by atoms with Crippen molar-refractivity contribution < 1.29 is 41.4 Å². The fourth-order valence-corrected chi connectivity index (χ4v) is 6.22. The lowest BCUT2D eigenvalue weighted by Gasteiger charge is -2.34. The zero-order chi connectivity index (χ0) is 31.8. The summed E-state index contributed by atoms with van der Waals surface area (Å²) in [6.45, 7) is 0. The van der Waals surface area contributed by atoms with Gasteiger partial charge < -0.3 is 19.3 Å². The van der Waals surface area contributed by atoms with E-state index in [1.165, 1.54) is 12.1 Å². The van der Waals surface area contributed by atoms with E-state index in [9.17, 15) is 41.4 Å². The van der Waals surface area contributed by atoms with Gasteiger partial charge in [0.05, 0.1) is 0 Å². The molecule has 0 radical (unpaired) electrons. The normalized spacial score (nSPS) is 15.7. The molecular formula is C33H26F6N2O3. The van der Waals surface area contributed by atoms with Crippen molar-refractivity contribution in [2.45, 2.75) is 36.4 Å². The largest absolute Gasteiger partial charge is 0.421 e. The fourth-order valence-electron chi connectivity index (χ4n) is 6.22. The van der Waals surface area contributed by atoms with Gasteiger partial charge in [0, 0.05) is 70.5 Å². The summed E-state index contributed by atoms with van der Waals surface area (Å²) in [6, 6.07) is 20.7. The maximum absolute atomic E-state index is 14.5. The van der Waals surface area contributed by atoms with Crippen LogP contribution < -0.4 is 0 Å². The number of fused-ring (bicyclic) bond motifs is 6. The summed E-state index contributed by atoms with van der Waals surface area (Å²) >= 11 is 0. The van der Waals surface area contributed by atoms with E-state index in [2.05, 4.69) is 0 Å². The zero-order valence-electron chi connectivity index (χ0n) is 23.5. The predicted octanol–water partition coefficient (Wildman–Crippen LogP) is 7.53. The van der Waals surface area contributed by atoms with E-state index in [0.717, 1.165) is 24.3 Å². The summed E-state index contributed by atoms with van der Waals surface area (Å²) in [7, 11) is 3.44. The first-order valence-corrected chi connectivity index (χ1v) is 13.6. The van der Waals surface area contributed by atoms with Crippen LogP contribution in [0.15, 0.2) is 84.9 Å². The van der Waals surface area contributed by atoms with Gasteiger partial charge in [0.1, 0.15) is 5.78 Å². The molecule has 44 heavy (non-hydrogen) atoms. The lowest BCUT2D eigenvalue weighted by molar-refractivity contribution is -0.274. The number of hydrogen-bond donors (Lipinski definition) is 2. The Morgan fingerprint density at radius 3 is 1.27 bits per heavy atom. The minimum atomic E-state index is -5.43. The monoisotopic (exact) mass is 612 g/mol. The molecule has 2 atom stereocenters. The molecule has 228 valence electrons. The van der Waals surface area contributed by atoms with Crippen LogP contribution in [0.4, 0.5) is 26.3 Å². The van der Waals surface area contributed by atoms with Crippen LogP contribution in [-0.4, -0.2) is 37.5 Å². The topological polar surface area (TPSA) is 67.4 Å². The summed E-state index contributed by atoms with van der Waals surface area (Å²) in [5.41, 5.74) is -6.50. The van der Waals surface area contributed by atoms with Gasteiger partial charge in [0.15, 0.2) is 11.2 Å². The van der Waals surface area contributed by atoms with Crippen LogP contribution in [0.3, 0.4) is 0 Å². The van der Waals surface area contributed by atoms with Crippen LogP contribution in [0.2, 0.25) is 0 Å². The van der Waals surface area contributed by atoms with Gasteiger partial charge in [0.25, 0.3) is 0 Å². The maximum Gasteiger partial charge on any atom is 0.421 e. The van der Waals surface area contributed by atoms with Crippen molar-refractivity contribution in [2.75, 3.05) is 0 Å². The molecule has 2 unspecified atom stereocenters. The maximum atomic E-state index is 14.5. The van der Waals surface area contributed by atoms with Crippen LogP contribution in [0.25, 0.3) is 43.6 Å². The summed E-state index contributed by atoms with van der Waals surface area (Å²) < 4.78 is 90.4. The molecule has 11 heteroatoms. The van der Waals surface area contributed by atoms with Gasteiger partial charge in [-0.3, -0.25) is 4.79 Å². The number of halogens is 6. The van der Waals surface area contributed by atoms with Crippen molar-refractivity contribution in [2.24, 2.45) is 14.1 Å². The number of alkyl halides is 6. The number of carbonyl (C=O) groups is 1. The first-order valence-electron chi connectivity index (χ1n) is 13.6. The Hall–Kier alpha value is -4.35. The highest BCUT2D eigenvalue weighted by Crippen LogP contribution is 2.47. The molecule has 0 saturated heterocycles. The highest BCUT2D eigenvalue weighted by Gasteiger charge is 2.59. The molecule has 2 heterocycles. The van der Waals surface area contributed by atoms with Crippen LogP contribution in [0.5, 0.6) is 0 Å². The minimum absolute atomic E-state index is 0.367. The highest BCUT2D eigenvalue weighted by atomic mass is 19.4. The van der Waals surface area contributed by atoms with Gasteiger partial charge in [-0.25, -0.2) is 0 Å². The molecule has 6 rings (SSSR count). The predicted molar refractivity (Wildman–Crippen MR) is 155 cm³/mol. The number of nitrogens with zero attached hydrogens (tertiary/aromatic N) is 2. The van der Waals surface area contributed by atoms with Gasteiger partial charge in [-0.05, 0) is 47.5 Å². The molecule has 0 aliphatic rings. The smallest absolute Gasteiger partial charge is 0.376 e. The standard InChI is InChI=1S/C33H26F6N2O3/c1-40-26-9-5-3-7-22(26)24-15-19(11-13-28(24)40)30(43,32(34,35)36)17-21(42)18-31(44,33(37,38)39)20-12-14-29-25(16-20)23-8-4-6-10-27(23)41(29)2/h3-16,43-44H,17-18H2,1-2H3. The first kappa shape index (κ1) is 29.7. The number of benzene rings is 4. The Kier molecular flexibility index (Phi) is 6.64. The number of aromatic nitrogens is 2. The van der Waals surface area contributed by atoms with E-state index in [-0.39, 0.29) is 0 Å². The molecule has 0 saturated carbocycles. The van der Waals surface area contributed by atoms with E-state index in [0.29, 0.717) is 43.6 Å². The number of hydrogen-bond acceptors (Lipinski definition) is 3. The third-order valence-corrected chi connectivity index (χ3v) is 8.63. The number of ketones is 1. The molecule has 2 N–H and O–H groups in total. The second kappa shape index (κ2) is 9.83. The average Bonchev–Trinajstić information content (AvgIpc) is 3.42. The van der Waals surface area contributed by atoms with Crippen molar-refractivity contribution in [3.8, 4) is 0 Å². The number of Topliss-reactive ketones (excluding diaryl/α,β-unsaturated/α-hetero) is 1.